The van der Waals surface area contributed by atoms with Crippen molar-refractivity contribution in [1.82, 2.24) is 4.90 Å². The van der Waals surface area contributed by atoms with Crippen molar-refractivity contribution in [1.29, 1.82) is 5.26 Å². The van der Waals surface area contributed by atoms with Crippen LogP contribution in [0.1, 0.15) is 19.4 Å². The summed E-state index contributed by atoms with van der Waals surface area (Å²) in [6, 6.07) is 9.89. The Balaban J connectivity index is 2.74. The van der Waals surface area contributed by atoms with Crippen molar-refractivity contribution >= 4 is 21.8 Å². The van der Waals surface area contributed by atoms with Crippen LogP contribution in [0.5, 0.6) is 0 Å². The number of amides is 1. The van der Waals surface area contributed by atoms with E-state index in [1.807, 2.05) is 38.1 Å². The summed E-state index contributed by atoms with van der Waals surface area (Å²) in [4.78, 5) is 13.7. The van der Waals surface area contributed by atoms with Crippen molar-refractivity contribution in [2.24, 2.45) is 11.8 Å². The van der Waals surface area contributed by atoms with Crippen LogP contribution in [-0.4, -0.2) is 17.9 Å². The van der Waals surface area contributed by atoms with E-state index < -0.39 is 5.92 Å². The first-order chi connectivity index (χ1) is 8.45. The van der Waals surface area contributed by atoms with Gasteiger partial charge in [0.05, 0.1) is 6.07 Å². The summed E-state index contributed by atoms with van der Waals surface area (Å²) in [7, 11) is 1.73. The van der Waals surface area contributed by atoms with Gasteiger partial charge in [0.15, 0.2) is 0 Å². The summed E-state index contributed by atoms with van der Waals surface area (Å²) < 4.78 is 0.988. The number of carbonyl (C=O) groups is 1. The first kappa shape index (κ1) is 14.7. The second kappa shape index (κ2) is 6.55. The molecule has 0 saturated heterocycles. The fraction of sp³-hybridized carbons (Fsp3) is 0.429. The van der Waals surface area contributed by atoms with Gasteiger partial charge in [0.1, 0.15) is 5.92 Å². The standard InChI is InChI=1S/C14H17BrN2O/c1-10(2)13(8-16)14(18)17(3)9-11-5-4-6-12(15)7-11/h4-7,10,13H,9H2,1-3H3. The molecule has 18 heavy (non-hydrogen) atoms. The number of hydrogen-bond acceptors (Lipinski definition) is 2. The van der Waals surface area contributed by atoms with Crippen molar-refractivity contribution in [2.75, 3.05) is 7.05 Å². The molecule has 0 fully saturated rings. The molecule has 3 nitrogen and oxygen atoms in total. The Bertz CT molecular complexity index is 465. The zero-order chi connectivity index (χ0) is 13.7. The zero-order valence-corrected chi connectivity index (χ0v) is 12.4. The van der Waals surface area contributed by atoms with Crippen LogP contribution in [-0.2, 0) is 11.3 Å². The highest BCUT2D eigenvalue weighted by Crippen LogP contribution is 2.16. The summed E-state index contributed by atoms with van der Waals surface area (Å²) in [5.41, 5.74) is 1.04. The number of nitrogens with zero attached hydrogens (tertiary/aromatic N) is 2. The number of carbonyl (C=O) groups excluding carboxylic acids is 1. The highest BCUT2D eigenvalue weighted by molar-refractivity contribution is 9.10. The lowest BCUT2D eigenvalue weighted by Gasteiger charge is -2.22. The molecular weight excluding hydrogens is 292 g/mol. The van der Waals surface area contributed by atoms with E-state index in [0.717, 1.165) is 10.0 Å². The van der Waals surface area contributed by atoms with Gasteiger partial charge in [-0.2, -0.15) is 5.26 Å². The third kappa shape index (κ3) is 3.85. The molecule has 0 heterocycles. The topological polar surface area (TPSA) is 44.1 Å². The molecule has 1 unspecified atom stereocenters. The Hall–Kier alpha value is -1.34. The minimum absolute atomic E-state index is 0.0347. The van der Waals surface area contributed by atoms with E-state index in [9.17, 15) is 4.79 Å². The second-order valence-electron chi connectivity index (χ2n) is 4.68. The molecular formula is C14H17BrN2O. The molecule has 0 radical (unpaired) electrons. The Morgan fingerprint density at radius 1 is 1.50 bits per heavy atom. The number of hydrogen-bond donors (Lipinski definition) is 0. The van der Waals surface area contributed by atoms with Crippen LogP contribution in [0, 0.1) is 23.2 Å². The molecule has 0 bridgehead atoms. The third-order valence-corrected chi connectivity index (χ3v) is 3.25. The van der Waals surface area contributed by atoms with E-state index in [4.69, 9.17) is 5.26 Å². The normalized spacial score (nSPS) is 12.0. The van der Waals surface area contributed by atoms with Gasteiger partial charge in [0.2, 0.25) is 5.91 Å². The van der Waals surface area contributed by atoms with Gasteiger partial charge in [-0.15, -0.1) is 0 Å². The number of rotatable bonds is 4. The second-order valence-corrected chi connectivity index (χ2v) is 5.59. The summed E-state index contributed by atoms with van der Waals surface area (Å²) >= 11 is 3.40. The van der Waals surface area contributed by atoms with Crippen LogP contribution in [0.15, 0.2) is 28.7 Å². The minimum Gasteiger partial charge on any atom is -0.340 e. The van der Waals surface area contributed by atoms with Crippen LogP contribution in [0.3, 0.4) is 0 Å². The molecule has 0 aliphatic carbocycles. The smallest absolute Gasteiger partial charge is 0.240 e. The Morgan fingerprint density at radius 2 is 2.17 bits per heavy atom. The predicted octanol–water partition coefficient (Wildman–Crippen LogP) is 3.20. The van der Waals surface area contributed by atoms with E-state index in [-0.39, 0.29) is 11.8 Å². The van der Waals surface area contributed by atoms with Crippen molar-refractivity contribution in [3.63, 3.8) is 0 Å². The van der Waals surface area contributed by atoms with Crippen molar-refractivity contribution in [3.8, 4) is 6.07 Å². The van der Waals surface area contributed by atoms with Crippen LogP contribution in [0.4, 0.5) is 0 Å². The van der Waals surface area contributed by atoms with E-state index in [1.54, 1.807) is 11.9 Å². The lowest BCUT2D eigenvalue weighted by atomic mass is 9.96. The Labute approximate surface area is 117 Å². The predicted molar refractivity (Wildman–Crippen MR) is 74.6 cm³/mol. The quantitative estimate of drug-likeness (QED) is 0.857. The average molecular weight is 309 g/mol. The molecule has 96 valence electrons. The number of halogens is 1. The van der Waals surface area contributed by atoms with Crippen LogP contribution in [0.2, 0.25) is 0 Å². The largest absolute Gasteiger partial charge is 0.340 e. The monoisotopic (exact) mass is 308 g/mol. The lowest BCUT2D eigenvalue weighted by molar-refractivity contribution is -0.134. The highest BCUT2D eigenvalue weighted by atomic mass is 79.9. The highest BCUT2D eigenvalue weighted by Gasteiger charge is 2.24. The molecule has 1 rings (SSSR count). The van der Waals surface area contributed by atoms with Crippen LogP contribution in [0.25, 0.3) is 0 Å². The summed E-state index contributed by atoms with van der Waals surface area (Å²) in [5.74, 6) is -0.651. The van der Waals surface area contributed by atoms with E-state index in [1.165, 1.54) is 0 Å². The molecule has 0 saturated carbocycles. The van der Waals surface area contributed by atoms with E-state index in [2.05, 4.69) is 22.0 Å². The van der Waals surface area contributed by atoms with Gasteiger partial charge in [-0.3, -0.25) is 4.79 Å². The maximum absolute atomic E-state index is 12.1. The molecule has 0 N–H and O–H groups in total. The summed E-state index contributed by atoms with van der Waals surface area (Å²) in [5, 5.41) is 9.02. The zero-order valence-electron chi connectivity index (χ0n) is 10.9. The van der Waals surface area contributed by atoms with Gasteiger partial charge in [0, 0.05) is 18.1 Å². The molecule has 0 aromatic heterocycles. The molecule has 1 amide bonds. The van der Waals surface area contributed by atoms with Gasteiger partial charge in [-0.05, 0) is 23.6 Å². The van der Waals surface area contributed by atoms with Crippen LogP contribution < -0.4 is 0 Å². The van der Waals surface area contributed by atoms with Crippen molar-refractivity contribution in [3.05, 3.63) is 34.3 Å². The first-order valence-corrected chi connectivity index (χ1v) is 6.64. The number of benzene rings is 1. The minimum atomic E-state index is -0.567. The van der Waals surface area contributed by atoms with E-state index in [0.29, 0.717) is 6.54 Å². The Kier molecular flexibility index (Phi) is 5.36. The Morgan fingerprint density at radius 3 is 2.67 bits per heavy atom. The summed E-state index contributed by atoms with van der Waals surface area (Å²) in [6.07, 6.45) is 0. The maximum Gasteiger partial charge on any atom is 0.240 e. The third-order valence-electron chi connectivity index (χ3n) is 2.76. The van der Waals surface area contributed by atoms with Gasteiger partial charge in [-0.25, -0.2) is 0 Å². The fourth-order valence-electron chi connectivity index (χ4n) is 1.71. The number of nitriles is 1. The van der Waals surface area contributed by atoms with E-state index >= 15 is 0 Å². The van der Waals surface area contributed by atoms with Crippen molar-refractivity contribution in [2.45, 2.75) is 20.4 Å². The molecule has 0 aliphatic rings. The van der Waals surface area contributed by atoms with Gasteiger partial charge in [-0.1, -0.05) is 41.9 Å². The van der Waals surface area contributed by atoms with Crippen molar-refractivity contribution < 1.29 is 4.79 Å². The maximum atomic E-state index is 12.1. The fourth-order valence-corrected chi connectivity index (χ4v) is 2.16. The molecule has 1 atom stereocenters. The molecule has 0 spiro atoms. The molecule has 4 heteroatoms. The van der Waals surface area contributed by atoms with Crippen LogP contribution >= 0.6 is 15.9 Å². The van der Waals surface area contributed by atoms with Gasteiger partial charge in [0.25, 0.3) is 0 Å². The molecule has 0 aliphatic heterocycles. The first-order valence-electron chi connectivity index (χ1n) is 5.84. The van der Waals surface area contributed by atoms with Gasteiger partial charge >= 0.3 is 0 Å². The SMILES string of the molecule is CC(C)C(C#N)C(=O)N(C)Cc1cccc(Br)c1. The summed E-state index contributed by atoms with van der Waals surface area (Å²) in [6.45, 7) is 4.29. The molecule has 1 aromatic rings. The average Bonchev–Trinajstić information content (AvgIpc) is 2.29. The van der Waals surface area contributed by atoms with Gasteiger partial charge < -0.3 is 4.90 Å². The molecule has 1 aromatic carbocycles. The lowest BCUT2D eigenvalue weighted by Crippen LogP contribution is -2.34.